The number of carbonyl (C=O) groups is 1. The summed E-state index contributed by atoms with van der Waals surface area (Å²) in [7, 11) is 4.24. The van der Waals surface area contributed by atoms with Crippen molar-refractivity contribution in [1.29, 1.82) is 0 Å². The third-order valence-corrected chi connectivity index (χ3v) is 14.1. The molecule has 0 spiro atoms. The van der Waals surface area contributed by atoms with Gasteiger partial charge in [-0.25, -0.2) is 14.8 Å². The molecular formula is C59H76Cl4N12O2. The molecule has 0 fully saturated rings. The maximum atomic E-state index is 13.6. The molecule has 1 amide bonds. The Bertz CT molecular complexity index is 3130. The Hall–Kier alpha value is -6.13. The fourth-order valence-electron chi connectivity index (χ4n) is 8.34. The maximum absolute atomic E-state index is 13.6. The Morgan fingerprint density at radius 1 is 0.584 bits per heavy atom. The van der Waals surface area contributed by atoms with Crippen LogP contribution in [-0.2, 0) is 17.8 Å². The molecule has 0 aliphatic heterocycles. The number of nitrogens with one attached hydrogen (secondary N) is 1. The van der Waals surface area contributed by atoms with E-state index < -0.39 is 11.7 Å². The lowest BCUT2D eigenvalue weighted by molar-refractivity contribution is 0.0575. The normalized spacial score (nSPS) is 11.3. The predicted molar refractivity (Wildman–Crippen MR) is 325 cm³/mol. The van der Waals surface area contributed by atoms with E-state index in [-0.39, 0.29) is 21.4 Å². The Kier molecular flexibility index (Phi) is 22.8. The number of anilines is 4. The van der Waals surface area contributed by atoms with Crippen LogP contribution < -0.4 is 20.0 Å². The molecular weight excluding hydrogens is 1050 g/mol. The van der Waals surface area contributed by atoms with Gasteiger partial charge in [-0.05, 0) is 107 Å². The molecule has 4 heterocycles. The number of hydrogen-bond acceptors (Lipinski definition) is 11. The number of carbonyl (C=O) groups excluding carboxylic acids is 1. The lowest BCUT2D eigenvalue weighted by Crippen LogP contribution is -2.37. The number of benzene rings is 4. The minimum absolute atomic E-state index is 0. The Balaban J connectivity index is 0.000000281. The van der Waals surface area contributed by atoms with Crippen LogP contribution in [0.4, 0.5) is 27.8 Å². The van der Waals surface area contributed by atoms with Gasteiger partial charge in [-0.1, -0.05) is 125 Å². The summed E-state index contributed by atoms with van der Waals surface area (Å²) in [6, 6.07) is 35.2. The van der Waals surface area contributed by atoms with Crippen molar-refractivity contribution >= 4 is 86.8 Å². The number of nitrogens with zero attached hydrogens (tertiary/aromatic N) is 11. The quantitative estimate of drug-likeness (QED) is 0.0787. The van der Waals surface area contributed by atoms with E-state index in [1.54, 1.807) is 45.7 Å². The summed E-state index contributed by atoms with van der Waals surface area (Å²) in [4.78, 5) is 34.1. The summed E-state index contributed by atoms with van der Waals surface area (Å²) < 4.78 is 9.23. The van der Waals surface area contributed by atoms with Gasteiger partial charge in [0.1, 0.15) is 17.2 Å². The highest BCUT2D eigenvalue weighted by atomic mass is 35.5. The van der Waals surface area contributed by atoms with Gasteiger partial charge in [-0.3, -0.25) is 4.90 Å². The molecule has 77 heavy (non-hydrogen) atoms. The van der Waals surface area contributed by atoms with Gasteiger partial charge in [0.25, 0.3) is 0 Å². The van der Waals surface area contributed by atoms with E-state index in [0.717, 1.165) is 97.5 Å². The van der Waals surface area contributed by atoms with Crippen molar-refractivity contribution in [3.05, 3.63) is 153 Å². The number of halogens is 4. The average Bonchev–Trinajstić information content (AvgIpc) is 4.10. The molecule has 412 valence electrons. The van der Waals surface area contributed by atoms with Crippen LogP contribution in [0, 0.1) is 0 Å². The first kappa shape index (κ1) is 61.7. The fraction of sp³-hybridized carbons (Fsp3) is 0.373. The Morgan fingerprint density at radius 2 is 1.04 bits per heavy atom. The Morgan fingerprint density at radius 3 is 1.51 bits per heavy atom. The first-order chi connectivity index (χ1) is 36.0. The van der Waals surface area contributed by atoms with Crippen LogP contribution in [0.2, 0.25) is 20.1 Å². The lowest BCUT2D eigenvalue weighted by Gasteiger charge is -2.28. The smallest absolute Gasteiger partial charge is 0.416 e. The van der Waals surface area contributed by atoms with Gasteiger partial charge in [0, 0.05) is 114 Å². The van der Waals surface area contributed by atoms with Crippen molar-refractivity contribution in [3.63, 3.8) is 0 Å². The minimum Gasteiger partial charge on any atom is -0.443 e. The zero-order valence-electron chi connectivity index (χ0n) is 44.4. The number of ether oxygens (including phenoxy) is 1. The monoisotopic (exact) mass is 1120 g/mol. The van der Waals surface area contributed by atoms with Crippen LogP contribution in [0.15, 0.2) is 122 Å². The third kappa shape index (κ3) is 16.5. The van der Waals surface area contributed by atoms with Crippen LogP contribution in [0.3, 0.4) is 0 Å². The van der Waals surface area contributed by atoms with Crippen LogP contribution >= 0.6 is 46.4 Å². The second-order valence-electron chi connectivity index (χ2n) is 19.1. The first-order valence-corrected chi connectivity index (χ1v) is 26.9. The largest absolute Gasteiger partial charge is 0.443 e. The lowest BCUT2D eigenvalue weighted by atomic mass is 10.1. The molecule has 0 aliphatic rings. The SMILES string of the molecule is C.C.CCN(CC)CCN(C)c1ccc(-c2cc(N(Cc3ccc(Cl)cc3Cl)C(=O)OC(C)(C)C)n3nccc3n2)cc1.CCN(CC)CCN(C)c1ccc(-c2cc(NCc3ccc(Cl)cc3Cl)n3nccc3n2)cc1. The highest BCUT2D eigenvalue weighted by molar-refractivity contribution is 6.35. The summed E-state index contributed by atoms with van der Waals surface area (Å²) in [5.41, 5.74) is 8.25. The molecule has 0 unspecified atom stereocenters. The molecule has 0 saturated carbocycles. The van der Waals surface area contributed by atoms with E-state index in [9.17, 15) is 4.79 Å². The van der Waals surface area contributed by atoms with Gasteiger partial charge < -0.3 is 29.7 Å². The topological polar surface area (TPSA) is 115 Å². The second kappa shape index (κ2) is 28.5. The van der Waals surface area contributed by atoms with Gasteiger partial charge in [0.05, 0.1) is 30.3 Å². The maximum Gasteiger partial charge on any atom is 0.416 e. The number of fused-ring (bicyclic) bond motifs is 2. The predicted octanol–water partition coefficient (Wildman–Crippen LogP) is 14.8. The van der Waals surface area contributed by atoms with Crippen LogP contribution in [0.5, 0.6) is 0 Å². The molecule has 4 aromatic heterocycles. The van der Waals surface area contributed by atoms with E-state index in [0.29, 0.717) is 43.8 Å². The Labute approximate surface area is 476 Å². The van der Waals surface area contributed by atoms with Gasteiger partial charge in [0.2, 0.25) is 0 Å². The van der Waals surface area contributed by atoms with Crippen molar-refractivity contribution < 1.29 is 9.53 Å². The molecule has 14 nitrogen and oxygen atoms in total. The number of hydrogen-bond donors (Lipinski definition) is 1. The number of amides is 1. The van der Waals surface area contributed by atoms with E-state index in [2.05, 4.69) is 125 Å². The molecule has 1 N–H and O–H groups in total. The van der Waals surface area contributed by atoms with Crippen molar-refractivity contribution in [1.82, 2.24) is 39.0 Å². The molecule has 0 saturated heterocycles. The van der Waals surface area contributed by atoms with Crippen LogP contribution in [-0.4, -0.2) is 117 Å². The van der Waals surface area contributed by atoms with Crippen LogP contribution in [0.25, 0.3) is 33.8 Å². The van der Waals surface area contributed by atoms with Crippen molar-refractivity contribution in [3.8, 4) is 22.5 Å². The van der Waals surface area contributed by atoms with Gasteiger partial charge in [-0.2, -0.15) is 19.2 Å². The third-order valence-electron chi connectivity index (χ3n) is 12.9. The van der Waals surface area contributed by atoms with E-state index in [4.69, 9.17) is 61.1 Å². The highest BCUT2D eigenvalue weighted by Gasteiger charge is 2.27. The van der Waals surface area contributed by atoms with Crippen molar-refractivity contribution in [2.45, 2.75) is 82.0 Å². The van der Waals surface area contributed by atoms with E-state index >= 15 is 0 Å². The zero-order valence-corrected chi connectivity index (χ0v) is 47.4. The van der Waals surface area contributed by atoms with Gasteiger partial charge in [0.15, 0.2) is 11.3 Å². The van der Waals surface area contributed by atoms with Gasteiger partial charge >= 0.3 is 6.09 Å². The molecule has 0 atom stereocenters. The van der Waals surface area contributed by atoms with E-state index in [1.165, 1.54) is 10.6 Å². The standard InChI is InChI=1S/C31H38Cl2N6O2.C26H30Cl2N6.2CH4/c1-7-37(8-2)18-17-36(6)25-13-10-22(11-14-25)27-20-29(39-28(35-27)15-16-34-39)38(30(40)41-31(3,4)5)21-23-9-12-24(32)19-26(23)33;1-4-33(5-2)15-14-32(3)22-10-7-19(8-11-22)24-17-26(34-25(31-24)12-13-30-34)29-18-20-6-9-21(27)16-23(20)28;;/h9-16,19-20H,7-8,17-18,21H2,1-6H3;6-13,16-17,29H,4-5,14-15,18H2,1-3H3;2*1H4. The second-order valence-corrected chi connectivity index (χ2v) is 20.8. The summed E-state index contributed by atoms with van der Waals surface area (Å²) in [6.45, 7) is 23.2. The highest BCUT2D eigenvalue weighted by Crippen LogP contribution is 2.32. The summed E-state index contributed by atoms with van der Waals surface area (Å²) >= 11 is 25.0. The zero-order chi connectivity index (χ0) is 53.8. The molecule has 8 aromatic rings. The molecule has 18 heteroatoms. The summed E-state index contributed by atoms with van der Waals surface area (Å²) in [6.07, 6.45) is 2.88. The average molecular weight is 1130 g/mol. The first-order valence-electron chi connectivity index (χ1n) is 25.4. The van der Waals surface area contributed by atoms with Crippen molar-refractivity contribution in [2.24, 2.45) is 0 Å². The molecule has 8 rings (SSSR count). The van der Waals surface area contributed by atoms with Gasteiger partial charge in [-0.15, -0.1) is 0 Å². The van der Waals surface area contributed by atoms with Crippen molar-refractivity contribution in [2.75, 3.05) is 86.5 Å². The molecule has 0 aliphatic carbocycles. The molecule has 0 bridgehead atoms. The van der Waals surface area contributed by atoms with E-state index in [1.807, 2.05) is 57.2 Å². The van der Waals surface area contributed by atoms with Crippen LogP contribution in [0.1, 0.15) is 74.4 Å². The number of rotatable bonds is 20. The summed E-state index contributed by atoms with van der Waals surface area (Å²) in [5.74, 6) is 1.35. The molecule has 4 aromatic carbocycles. The minimum atomic E-state index is -0.703. The molecule has 0 radical (unpaired) electrons. The number of likely N-dealkylation sites (N-methyl/N-ethyl adjacent to an activating group) is 4. The summed E-state index contributed by atoms with van der Waals surface area (Å²) in [5, 5.41) is 14.5. The number of aromatic nitrogens is 6. The fourth-order valence-corrected chi connectivity index (χ4v) is 9.29.